The van der Waals surface area contributed by atoms with Crippen molar-refractivity contribution in [2.24, 2.45) is 0 Å². The first-order valence-electron chi connectivity index (χ1n) is 9.83. The Morgan fingerprint density at radius 1 is 0.613 bits per heavy atom. The van der Waals surface area contributed by atoms with Gasteiger partial charge in [0, 0.05) is 37.9 Å². The van der Waals surface area contributed by atoms with Crippen LogP contribution in [0.5, 0.6) is 0 Å². The number of benzene rings is 4. The van der Waals surface area contributed by atoms with Gasteiger partial charge in [0.05, 0.1) is 11.3 Å². The van der Waals surface area contributed by atoms with Crippen LogP contribution in [0.15, 0.2) is 101 Å². The van der Waals surface area contributed by atoms with Gasteiger partial charge in [-0.05, 0) is 48.5 Å². The van der Waals surface area contributed by atoms with Crippen LogP contribution in [0, 0.1) is 0 Å². The molecule has 1 aliphatic carbocycles. The molecular formula is C26H18N2O2S. The van der Waals surface area contributed by atoms with Crippen molar-refractivity contribution in [2.75, 3.05) is 11.1 Å². The van der Waals surface area contributed by atoms with Gasteiger partial charge >= 0.3 is 0 Å². The molecule has 0 aliphatic heterocycles. The molecule has 0 heterocycles. The molecule has 0 aromatic heterocycles. The average molecular weight is 423 g/mol. The van der Waals surface area contributed by atoms with Gasteiger partial charge in [-0.3, -0.25) is 9.59 Å². The van der Waals surface area contributed by atoms with Crippen LogP contribution in [0.2, 0.25) is 0 Å². The molecule has 3 N–H and O–H groups in total. The molecule has 0 saturated heterocycles. The van der Waals surface area contributed by atoms with Gasteiger partial charge in [0.1, 0.15) is 0 Å². The lowest BCUT2D eigenvalue weighted by Gasteiger charge is -2.20. The van der Waals surface area contributed by atoms with E-state index in [-0.39, 0.29) is 11.6 Å². The Morgan fingerprint density at radius 2 is 1.23 bits per heavy atom. The molecule has 4 aromatic carbocycles. The Labute approximate surface area is 184 Å². The van der Waals surface area contributed by atoms with Crippen LogP contribution >= 0.6 is 11.8 Å². The van der Waals surface area contributed by atoms with E-state index in [1.807, 2.05) is 60.7 Å². The van der Waals surface area contributed by atoms with Crippen LogP contribution in [0.4, 0.5) is 17.1 Å². The van der Waals surface area contributed by atoms with Crippen molar-refractivity contribution in [3.05, 3.63) is 113 Å². The highest BCUT2D eigenvalue weighted by Crippen LogP contribution is 2.39. The smallest absolute Gasteiger partial charge is 0.196 e. The van der Waals surface area contributed by atoms with Crippen molar-refractivity contribution in [1.82, 2.24) is 0 Å². The van der Waals surface area contributed by atoms with Crippen LogP contribution < -0.4 is 11.1 Å². The molecule has 150 valence electrons. The number of para-hydroxylation sites is 1. The summed E-state index contributed by atoms with van der Waals surface area (Å²) in [5.41, 5.74) is 10.2. The first-order valence-corrected chi connectivity index (χ1v) is 10.6. The number of fused-ring (bicyclic) bond motifs is 2. The fourth-order valence-corrected chi connectivity index (χ4v) is 4.58. The predicted octanol–water partition coefficient (Wildman–Crippen LogP) is 5.94. The number of rotatable bonds is 4. The van der Waals surface area contributed by atoms with E-state index in [0.29, 0.717) is 27.9 Å². The number of anilines is 3. The quantitative estimate of drug-likeness (QED) is 0.351. The topological polar surface area (TPSA) is 72.2 Å². The zero-order valence-electron chi connectivity index (χ0n) is 16.5. The molecule has 0 fully saturated rings. The maximum atomic E-state index is 13.0. The SMILES string of the molecule is Nc1c(Sc2ccc(Nc3ccccc3)cc2)ccc2c1C(=O)c1ccccc1C2=O. The molecule has 0 saturated carbocycles. The van der Waals surface area contributed by atoms with Crippen molar-refractivity contribution in [3.63, 3.8) is 0 Å². The molecule has 0 radical (unpaired) electrons. The zero-order chi connectivity index (χ0) is 21.4. The van der Waals surface area contributed by atoms with Gasteiger partial charge in [0.2, 0.25) is 0 Å². The van der Waals surface area contributed by atoms with Gasteiger partial charge in [-0.1, -0.05) is 54.2 Å². The van der Waals surface area contributed by atoms with Crippen molar-refractivity contribution >= 4 is 40.4 Å². The number of ketones is 2. The number of hydrogen-bond acceptors (Lipinski definition) is 5. The third kappa shape index (κ3) is 3.49. The minimum absolute atomic E-state index is 0.162. The van der Waals surface area contributed by atoms with Crippen LogP contribution in [-0.2, 0) is 0 Å². The summed E-state index contributed by atoms with van der Waals surface area (Å²) in [5.74, 6) is -0.364. The first-order chi connectivity index (χ1) is 15.1. The molecule has 0 amide bonds. The second-order valence-electron chi connectivity index (χ2n) is 7.22. The Kier molecular flexibility index (Phi) is 4.81. The van der Waals surface area contributed by atoms with Crippen LogP contribution in [0.1, 0.15) is 31.8 Å². The number of carbonyl (C=O) groups is 2. The van der Waals surface area contributed by atoms with E-state index in [4.69, 9.17) is 5.73 Å². The molecule has 4 nitrogen and oxygen atoms in total. The molecule has 4 aromatic rings. The largest absolute Gasteiger partial charge is 0.397 e. The zero-order valence-corrected chi connectivity index (χ0v) is 17.3. The van der Waals surface area contributed by atoms with Gasteiger partial charge in [0.25, 0.3) is 0 Å². The Morgan fingerprint density at radius 3 is 1.94 bits per heavy atom. The van der Waals surface area contributed by atoms with Crippen molar-refractivity contribution in [1.29, 1.82) is 0 Å². The summed E-state index contributed by atoms with van der Waals surface area (Å²) >= 11 is 1.47. The lowest BCUT2D eigenvalue weighted by Crippen LogP contribution is -2.22. The lowest BCUT2D eigenvalue weighted by molar-refractivity contribution is 0.0979. The van der Waals surface area contributed by atoms with Crippen LogP contribution in [0.3, 0.4) is 0 Å². The maximum Gasteiger partial charge on any atom is 0.196 e. The van der Waals surface area contributed by atoms with E-state index < -0.39 is 0 Å². The van der Waals surface area contributed by atoms with Crippen molar-refractivity contribution in [3.8, 4) is 0 Å². The summed E-state index contributed by atoms with van der Waals surface area (Å²) in [6, 6.07) is 28.3. The molecule has 0 spiro atoms. The highest BCUT2D eigenvalue weighted by atomic mass is 32.2. The Balaban J connectivity index is 1.42. The van der Waals surface area contributed by atoms with Gasteiger partial charge in [0.15, 0.2) is 11.6 Å². The highest BCUT2D eigenvalue weighted by Gasteiger charge is 2.31. The summed E-state index contributed by atoms with van der Waals surface area (Å²) < 4.78 is 0. The maximum absolute atomic E-state index is 13.0. The second-order valence-corrected chi connectivity index (χ2v) is 8.34. The standard InChI is InChI=1S/C26H18N2O2S/c27-24-22(31-18-12-10-17(11-13-18)28-16-6-2-1-3-7-16)15-14-21-23(24)26(30)20-9-5-4-8-19(20)25(21)29/h1-15,28H,27H2. The highest BCUT2D eigenvalue weighted by molar-refractivity contribution is 7.99. The third-order valence-electron chi connectivity index (χ3n) is 5.24. The summed E-state index contributed by atoms with van der Waals surface area (Å²) in [7, 11) is 0. The molecule has 5 rings (SSSR count). The molecule has 0 bridgehead atoms. The summed E-state index contributed by atoms with van der Waals surface area (Å²) in [6.07, 6.45) is 0. The Bertz CT molecular complexity index is 1320. The van der Waals surface area contributed by atoms with Crippen molar-refractivity contribution in [2.45, 2.75) is 9.79 Å². The number of nitrogen functional groups attached to an aromatic ring is 1. The van der Waals surface area contributed by atoms with Gasteiger partial charge < -0.3 is 11.1 Å². The predicted molar refractivity (Wildman–Crippen MR) is 124 cm³/mol. The second kappa shape index (κ2) is 7.78. The summed E-state index contributed by atoms with van der Waals surface area (Å²) in [5, 5.41) is 3.35. The van der Waals surface area contributed by atoms with Crippen LogP contribution in [0.25, 0.3) is 0 Å². The van der Waals surface area contributed by atoms with E-state index in [9.17, 15) is 9.59 Å². The van der Waals surface area contributed by atoms with Gasteiger partial charge in [-0.15, -0.1) is 0 Å². The normalized spacial score (nSPS) is 12.3. The summed E-state index contributed by atoms with van der Waals surface area (Å²) in [6.45, 7) is 0. The summed E-state index contributed by atoms with van der Waals surface area (Å²) in [4.78, 5) is 27.6. The fraction of sp³-hybridized carbons (Fsp3) is 0. The number of carbonyl (C=O) groups excluding carboxylic acids is 2. The van der Waals surface area contributed by atoms with E-state index in [1.165, 1.54) is 11.8 Å². The van der Waals surface area contributed by atoms with Crippen LogP contribution in [-0.4, -0.2) is 11.6 Å². The van der Waals surface area contributed by atoms with E-state index in [0.717, 1.165) is 21.2 Å². The monoisotopic (exact) mass is 422 g/mol. The molecule has 31 heavy (non-hydrogen) atoms. The minimum Gasteiger partial charge on any atom is -0.397 e. The van der Waals surface area contributed by atoms with E-state index >= 15 is 0 Å². The fourth-order valence-electron chi connectivity index (χ4n) is 3.70. The van der Waals surface area contributed by atoms with Gasteiger partial charge in [-0.2, -0.15) is 0 Å². The number of nitrogens with one attached hydrogen (secondary N) is 1. The van der Waals surface area contributed by atoms with E-state index in [2.05, 4.69) is 5.32 Å². The lowest BCUT2D eigenvalue weighted by atomic mass is 9.83. The minimum atomic E-state index is -0.201. The third-order valence-corrected chi connectivity index (χ3v) is 6.32. The van der Waals surface area contributed by atoms with Crippen molar-refractivity contribution < 1.29 is 9.59 Å². The average Bonchev–Trinajstić information content (AvgIpc) is 2.81. The Hall–Kier alpha value is -3.83. The first kappa shape index (κ1) is 19.2. The molecular weight excluding hydrogens is 404 g/mol. The molecule has 0 unspecified atom stereocenters. The number of nitrogens with two attached hydrogens (primary N) is 1. The van der Waals surface area contributed by atoms with Gasteiger partial charge in [-0.25, -0.2) is 0 Å². The molecule has 5 heteroatoms. The van der Waals surface area contributed by atoms with E-state index in [1.54, 1.807) is 30.3 Å². The molecule has 1 aliphatic rings. The number of hydrogen-bond donors (Lipinski definition) is 2. The molecule has 0 atom stereocenters.